The van der Waals surface area contributed by atoms with Gasteiger partial charge in [0.1, 0.15) is 6.20 Å². The van der Waals surface area contributed by atoms with Crippen molar-refractivity contribution in [3.8, 4) is 0 Å². The molecule has 1 aromatic rings. The van der Waals surface area contributed by atoms with E-state index in [1.807, 2.05) is 0 Å². The molecule has 0 saturated heterocycles. The van der Waals surface area contributed by atoms with Gasteiger partial charge in [0.2, 0.25) is 0 Å². The van der Waals surface area contributed by atoms with Gasteiger partial charge in [0.25, 0.3) is 12.1 Å². The number of nitro groups is 1. The van der Waals surface area contributed by atoms with Crippen molar-refractivity contribution in [1.29, 1.82) is 0 Å². The van der Waals surface area contributed by atoms with Crippen molar-refractivity contribution in [2.24, 2.45) is 0 Å². The molecule has 0 aromatic carbocycles. The Morgan fingerprint density at radius 1 is 1.41 bits per heavy atom. The minimum absolute atomic E-state index is 0.323. The molecule has 0 bridgehead atoms. The van der Waals surface area contributed by atoms with E-state index in [-0.39, 0.29) is 0 Å². The summed E-state index contributed by atoms with van der Waals surface area (Å²) in [5, 5.41) is 10.4. The number of halogens is 5. The Morgan fingerprint density at radius 2 is 1.94 bits per heavy atom. The largest absolute Gasteiger partial charge is 0.433 e. The van der Waals surface area contributed by atoms with Gasteiger partial charge in [-0.1, -0.05) is 0 Å². The van der Waals surface area contributed by atoms with E-state index in [9.17, 15) is 32.1 Å². The molecule has 0 atom stereocenters. The first kappa shape index (κ1) is 13.3. The number of nitrogens with zero attached hydrogens (tertiary/aromatic N) is 2. The Hall–Kier alpha value is -1.80. The van der Waals surface area contributed by atoms with E-state index < -0.39 is 40.0 Å². The molecule has 0 aliphatic carbocycles. The number of hydrogen-bond donors (Lipinski definition) is 0. The highest BCUT2D eigenvalue weighted by atomic mass is 19.4. The molecule has 94 valence electrons. The summed E-state index contributed by atoms with van der Waals surface area (Å²) < 4.78 is 62.1. The van der Waals surface area contributed by atoms with Crippen molar-refractivity contribution < 1.29 is 26.9 Å². The Bertz CT molecular complexity index is 458. The van der Waals surface area contributed by atoms with Crippen LogP contribution in [0, 0.1) is 17.0 Å². The summed E-state index contributed by atoms with van der Waals surface area (Å²) >= 11 is 0. The third-order valence-electron chi connectivity index (χ3n) is 2.04. The molecule has 0 unspecified atom stereocenters. The lowest BCUT2D eigenvalue weighted by Gasteiger charge is -2.13. The monoisotopic (exact) mass is 256 g/mol. The van der Waals surface area contributed by atoms with Crippen LogP contribution in [0.2, 0.25) is 0 Å². The fourth-order valence-corrected chi connectivity index (χ4v) is 1.28. The van der Waals surface area contributed by atoms with Gasteiger partial charge >= 0.3 is 6.18 Å². The Balaban J connectivity index is 3.57. The number of aromatic nitrogens is 1. The third-order valence-corrected chi connectivity index (χ3v) is 2.04. The smallest absolute Gasteiger partial charge is 0.258 e. The Kier molecular flexibility index (Phi) is 3.30. The van der Waals surface area contributed by atoms with Crippen LogP contribution in [-0.2, 0) is 6.18 Å². The molecule has 9 heteroatoms. The van der Waals surface area contributed by atoms with E-state index in [0.717, 1.165) is 6.92 Å². The lowest BCUT2D eigenvalue weighted by Crippen LogP contribution is -2.14. The van der Waals surface area contributed by atoms with Crippen LogP contribution in [0.1, 0.15) is 23.2 Å². The molecular formula is C8H5F5N2O2. The van der Waals surface area contributed by atoms with Crippen LogP contribution in [0.5, 0.6) is 0 Å². The van der Waals surface area contributed by atoms with Gasteiger partial charge in [-0.15, -0.1) is 0 Å². The predicted octanol–water partition coefficient (Wildman–Crippen LogP) is 3.25. The minimum Gasteiger partial charge on any atom is -0.258 e. The molecule has 1 heterocycles. The highest BCUT2D eigenvalue weighted by Gasteiger charge is 2.40. The maximum atomic E-state index is 12.5. The molecule has 0 aliphatic heterocycles. The van der Waals surface area contributed by atoms with Crippen LogP contribution in [0.25, 0.3) is 0 Å². The summed E-state index contributed by atoms with van der Waals surface area (Å²) in [6.07, 6.45) is -8.24. The van der Waals surface area contributed by atoms with Gasteiger partial charge in [0.15, 0.2) is 5.69 Å². The summed E-state index contributed by atoms with van der Waals surface area (Å²) in [5.41, 5.74) is -4.84. The quantitative estimate of drug-likeness (QED) is 0.463. The van der Waals surface area contributed by atoms with Crippen molar-refractivity contribution in [2.45, 2.75) is 19.5 Å². The van der Waals surface area contributed by atoms with Crippen molar-refractivity contribution >= 4 is 5.69 Å². The Labute approximate surface area is 91.2 Å². The first-order valence-electron chi connectivity index (χ1n) is 4.15. The van der Waals surface area contributed by atoms with E-state index in [2.05, 4.69) is 4.98 Å². The maximum absolute atomic E-state index is 12.5. The van der Waals surface area contributed by atoms with Crippen molar-refractivity contribution in [3.05, 3.63) is 33.1 Å². The molecule has 1 rings (SSSR count). The van der Waals surface area contributed by atoms with Crippen LogP contribution in [0.15, 0.2) is 6.20 Å². The third kappa shape index (κ3) is 2.48. The zero-order chi connectivity index (χ0) is 13.4. The summed E-state index contributed by atoms with van der Waals surface area (Å²) in [6.45, 7) is 0.830. The summed E-state index contributed by atoms with van der Waals surface area (Å²) in [7, 11) is 0. The lowest BCUT2D eigenvalue weighted by molar-refractivity contribution is -0.385. The number of hydrogen-bond acceptors (Lipinski definition) is 3. The molecule has 17 heavy (non-hydrogen) atoms. The van der Waals surface area contributed by atoms with Gasteiger partial charge in [-0.3, -0.25) is 10.1 Å². The van der Waals surface area contributed by atoms with Crippen LogP contribution in [-0.4, -0.2) is 9.91 Å². The van der Waals surface area contributed by atoms with Crippen molar-refractivity contribution in [1.82, 2.24) is 4.98 Å². The number of pyridine rings is 1. The van der Waals surface area contributed by atoms with E-state index in [0.29, 0.717) is 6.20 Å². The molecule has 0 radical (unpaired) electrons. The van der Waals surface area contributed by atoms with Gasteiger partial charge in [-0.2, -0.15) is 13.2 Å². The predicted molar refractivity (Wildman–Crippen MR) is 45.6 cm³/mol. The van der Waals surface area contributed by atoms with E-state index in [4.69, 9.17) is 0 Å². The highest BCUT2D eigenvalue weighted by molar-refractivity contribution is 5.46. The van der Waals surface area contributed by atoms with Gasteiger partial charge in [-0.05, 0) is 6.92 Å². The van der Waals surface area contributed by atoms with E-state index in [1.54, 1.807) is 0 Å². The summed E-state index contributed by atoms with van der Waals surface area (Å²) in [6, 6.07) is 0. The number of rotatable bonds is 2. The molecule has 0 saturated carbocycles. The Morgan fingerprint density at radius 3 is 2.29 bits per heavy atom. The fraction of sp³-hybridized carbons (Fsp3) is 0.375. The normalized spacial score (nSPS) is 11.9. The van der Waals surface area contributed by atoms with E-state index >= 15 is 0 Å². The second-order valence-electron chi connectivity index (χ2n) is 3.09. The molecule has 1 aromatic heterocycles. The first-order chi connectivity index (χ1) is 7.66. The van der Waals surface area contributed by atoms with Crippen LogP contribution < -0.4 is 0 Å². The lowest BCUT2D eigenvalue weighted by atomic mass is 10.1. The summed E-state index contributed by atoms with van der Waals surface area (Å²) in [4.78, 5) is 12.0. The maximum Gasteiger partial charge on any atom is 0.433 e. The van der Waals surface area contributed by atoms with Gasteiger partial charge < -0.3 is 0 Å². The first-order valence-corrected chi connectivity index (χ1v) is 4.15. The second-order valence-corrected chi connectivity index (χ2v) is 3.09. The van der Waals surface area contributed by atoms with Gasteiger partial charge in [0.05, 0.1) is 10.5 Å². The van der Waals surface area contributed by atoms with Crippen LogP contribution >= 0.6 is 0 Å². The standard InChI is InChI=1S/C8H5F5N2O2/c1-3-4(15(16)17)2-14-6(8(11,12)13)5(3)7(9)10/h2,7H,1H3. The average molecular weight is 256 g/mol. The molecule has 0 aliphatic rings. The fourth-order valence-electron chi connectivity index (χ4n) is 1.28. The summed E-state index contributed by atoms with van der Waals surface area (Å²) in [5.74, 6) is 0. The highest BCUT2D eigenvalue weighted by Crippen LogP contribution is 2.38. The van der Waals surface area contributed by atoms with Gasteiger partial charge in [0, 0.05) is 5.56 Å². The zero-order valence-electron chi connectivity index (χ0n) is 8.26. The molecular weight excluding hydrogens is 251 g/mol. The second kappa shape index (κ2) is 4.22. The van der Waals surface area contributed by atoms with E-state index in [1.165, 1.54) is 0 Å². The van der Waals surface area contributed by atoms with Crippen molar-refractivity contribution in [3.63, 3.8) is 0 Å². The number of alkyl halides is 5. The molecule has 4 nitrogen and oxygen atoms in total. The minimum atomic E-state index is -5.08. The van der Waals surface area contributed by atoms with Crippen LogP contribution in [0.4, 0.5) is 27.6 Å². The van der Waals surface area contributed by atoms with Crippen molar-refractivity contribution in [2.75, 3.05) is 0 Å². The molecule has 0 N–H and O–H groups in total. The van der Waals surface area contributed by atoms with Gasteiger partial charge in [-0.25, -0.2) is 13.8 Å². The molecule has 0 spiro atoms. The molecule has 0 fully saturated rings. The zero-order valence-corrected chi connectivity index (χ0v) is 8.26. The van der Waals surface area contributed by atoms with Crippen LogP contribution in [0.3, 0.4) is 0 Å². The topological polar surface area (TPSA) is 56.0 Å². The SMILES string of the molecule is Cc1c([N+](=O)[O-])cnc(C(F)(F)F)c1C(F)F. The molecule has 0 amide bonds. The average Bonchev–Trinajstić information content (AvgIpc) is 2.14.